The minimum absolute atomic E-state index is 0.0928. The molecule has 5 heteroatoms. The molecular weight excluding hydrogens is 210 g/mol. The number of nitrogens with one attached hydrogen (secondary N) is 1. The molecule has 1 aromatic rings. The molecule has 0 spiro atoms. The van der Waals surface area contributed by atoms with Crippen molar-refractivity contribution in [3.05, 3.63) is 29.8 Å². The lowest BCUT2D eigenvalue weighted by molar-refractivity contribution is -0.145. The van der Waals surface area contributed by atoms with Crippen LogP contribution < -0.4 is 10.1 Å². The van der Waals surface area contributed by atoms with Crippen molar-refractivity contribution in [1.82, 2.24) is 5.32 Å². The second kappa shape index (κ2) is 4.22. The Morgan fingerprint density at radius 1 is 1.50 bits per heavy atom. The predicted octanol–water partition coefficient (Wildman–Crippen LogP) is 0.409. The molecule has 1 atom stereocenters. The second-order valence-electron chi connectivity index (χ2n) is 3.35. The van der Waals surface area contributed by atoms with Crippen molar-refractivity contribution in [3.8, 4) is 5.75 Å². The molecule has 0 fully saturated rings. The van der Waals surface area contributed by atoms with Crippen LogP contribution in [-0.4, -0.2) is 25.6 Å². The number of para-hydroxylation sites is 1. The fraction of sp³-hybridized carbons (Fsp3) is 0.273. The molecule has 1 aliphatic heterocycles. The molecule has 1 aromatic carbocycles. The SMILES string of the molecule is COC(=O)C1NC(=O)COc2ccccc21. The van der Waals surface area contributed by atoms with Gasteiger partial charge in [0.1, 0.15) is 5.75 Å². The van der Waals surface area contributed by atoms with Gasteiger partial charge in [-0.1, -0.05) is 18.2 Å². The highest BCUT2D eigenvalue weighted by atomic mass is 16.5. The highest BCUT2D eigenvalue weighted by Crippen LogP contribution is 2.27. The van der Waals surface area contributed by atoms with Crippen LogP contribution in [-0.2, 0) is 14.3 Å². The van der Waals surface area contributed by atoms with Gasteiger partial charge >= 0.3 is 5.97 Å². The summed E-state index contributed by atoms with van der Waals surface area (Å²) in [5.74, 6) is -0.325. The minimum atomic E-state index is -0.795. The summed E-state index contributed by atoms with van der Waals surface area (Å²) in [5, 5.41) is 2.55. The molecule has 0 aromatic heterocycles. The fourth-order valence-electron chi connectivity index (χ4n) is 1.58. The van der Waals surface area contributed by atoms with E-state index in [4.69, 9.17) is 4.74 Å². The lowest BCUT2D eigenvalue weighted by Crippen LogP contribution is -2.34. The van der Waals surface area contributed by atoms with Gasteiger partial charge in [0.05, 0.1) is 7.11 Å². The average Bonchev–Trinajstić information content (AvgIpc) is 2.48. The smallest absolute Gasteiger partial charge is 0.333 e. The topological polar surface area (TPSA) is 64.6 Å². The largest absolute Gasteiger partial charge is 0.483 e. The Kier molecular flexibility index (Phi) is 2.76. The van der Waals surface area contributed by atoms with Gasteiger partial charge in [0, 0.05) is 5.56 Å². The van der Waals surface area contributed by atoms with E-state index in [0.717, 1.165) is 0 Å². The van der Waals surface area contributed by atoms with Gasteiger partial charge in [-0.25, -0.2) is 4.79 Å². The number of amides is 1. The molecule has 1 heterocycles. The summed E-state index contributed by atoms with van der Waals surface area (Å²) in [6.07, 6.45) is 0. The Morgan fingerprint density at radius 2 is 2.25 bits per heavy atom. The number of benzene rings is 1. The molecular formula is C11H11NO4. The molecule has 1 aliphatic rings. The third-order valence-corrected chi connectivity index (χ3v) is 2.33. The van der Waals surface area contributed by atoms with E-state index in [1.54, 1.807) is 24.3 Å². The van der Waals surface area contributed by atoms with Crippen LogP contribution in [0.1, 0.15) is 11.6 Å². The Bertz CT molecular complexity index is 430. The van der Waals surface area contributed by atoms with E-state index in [0.29, 0.717) is 11.3 Å². The van der Waals surface area contributed by atoms with E-state index in [-0.39, 0.29) is 12.5 Å². The summed E-state index contributed by atoms with van der Waals surface area (Å²) in [5.41, 5.74) is 0.611. The maximum Gasteiger partial charge on any atom is 0.333 e. The van der Waals surface area contributed by atoms with Crippen LogP contribution in [0, 0.1) is 0 Å². The molecule has 0 saturated heterocycles. The number of hydrogen-bond acceptors (Lipinski definition) is 4. The first-order valence-corrected chi connectivity index (χ1v) is 4.81. The van der Waals surface area contributed by atoms with Crippen molar-refractivity contribution >= 4 is 11.9 Å². The quantitative estimate of drug-likeness (QED) is 0.697. The van der Waals surface area contributed by atoms with Crippen molar-refractivity contribution in [2.45, 2.75) is 6.04 Å². The molecule has 0 aliphatic carbocycles. The lowest BCUT2D eigenvalue weighted by atomic mass is 10.1. The fourth-order valence-corrected chi connectivity index (χ4v) is 1.58. The van der Waals surface area contributed by atoms with Crippen LogP contribution in [0.15, 0.2) is 24.3 Å². The highest BCUT2D eigenvalue weighted by molar-refractivity contribution is 5.87. The minimum Gasteiger partial charge on any atom is -0.483 e. The third kappa shape index (κ3) is 1.84. The van der Waals surface area contributed by atoms with Crippen molar-refractivity contribution in [3.63, 3.8) is 0 Å². The molecule has 84 valence electrons. The first kappa shape index (κ1) is 10.5. The third-order valence-electron chi connectivity index (χ3n) is 2.33. The van der Waals surface area contributed by atoms with Crippen LogP contribution in [0.4, 0.5) is 0 Å². The van der Waals surface area contributed by atoms with Crippen LogP contribution in [0.5, 0.6) is 5.75 Å². The molecule has 0 radical (unpaired) electrons. The highest BCUT2D eigenvalue weighted by Gasteiger charge is 2.29. The van der Waals surface area contributed by atoms with E-state index in [1.807, 2.05) is 0 Å². The van der Waals surface area contributed by atoms with Gasteiger partial charge in [-0.2, -0.15) is 0 Å². The number of methoxy groups -OCH3 is 1. The first-order chi connectivity index (χ1) is 7.72. The number of carbonyl (C=O) groups excluding carboxylic acids is 2. The van der Waals surface area contributed by atoms with Crippen molar-refractivity contribution < 1.29 is 19.1 Å². The zero-order valence-electron chi connectivity index (χ0n) is 8.73. The van der Waals surface area contributed by atoms with Crippen LogP contribution in [0.25, 0.3) is 0 Å². The van der Waals surface area contributed by atoms with E-state index in [1.165, 1.54) is 7.11 Å². The van der Waals surface area contributed by atoms with Crippen LogP contribution in [0.2, 0.25) is 0 Å². The van der Waals surface area contributed by atoms with E-state index < -0.39 is 12.0 Å². The zero-order valence-corrected chi connectivity index (χ0v) is 8.73. The van der Waals surface area contributed by atoms with Crippen molar-refractivity contribution in [2.75, 3.05) is 13.7 Å². The predicted molar refractivity (Wildman–Crippen MR) is 54.8 cm³/mol. The van der Waals surface area contributed by atoms with Gasteiger partial charge in [-0.15, -0.1) is 0 Å². The summed E-state index contributed by atoms with van der Waals surface area (Å²) in [4.78, 5) is 22.9. The maximum atomic E-state index is 11.5. The summed E-state index contributed by atoms with van der Waals surface area (Å²) in [6.45, 7) is -0.0928. The molecule has 1 amide bonds. The molecule has 16 heavy (non-hydrogen) atoms. The van der Waals surface area contributed by atoms with Gasteiger partial charge in [-0.3, -0.25) is 4.79 Å². The number of carbonyl (C=O) groups is 2. The van der Waals surface area contributed by atoms with E-state index in [2.05, 4.69) is 10.1 Å². The second-order valence-corrected chi connectivity index (χ2v) is 3.35. The number of fused-ring (bicyclic) bond motifs is 1. The van der Waals surface area contributed by atoms with Crippen molar-refractivity contribution in [2.24, 2.45) is 0 Å². The summed E-state index contributed by atoms with van der Waals surface area (Å²) < 4.78 is 9.91. The molecule has 2 rings (SSSR count). The normalized spacial score (nSPS) is 18.8. The molecule has 0 bridgehead atoms. The summed E-state index contributed by atoms with van der Waals surface area (Å²) >= 11 is 0. The number of esters is 1. The van der Waals surface area contributed by atoms with Gasteiger partial charge in [0.2, 0.25) is 0 Å². The Hall–Kier alpha value is -2.04. The maximum absolute atomic E-state index is 11.5. The van der Waals surface area contributed by atoms with E-state index in [9.17, 15) is 9.59 Å². The standard InChI is InChI=1S/C11H11NO4/c1-15-11(14)10-7-4-2-3-5-8(7)16-6-9(13)12-10/h2-5,10H,6H2,1H3,(H,12,13). The van der Waals surface area contributed by atoms with Gasteiger partial charge in [0.15, 0.2) is 12.6 Å². The number of ether oxygens (including phenoxy) is 2. The first-order valence-electron chi connectivity index (χ1n) is 4.81. The molecule has 1 unspecified atom stereocenters. The zero-order chi connectivity index (χ0) is 11.5. The van der Waals surface area contributed by atoms with Gasteiger partial charge in [-0.05, 0) is 6.07 Å². The van der Waals surface area contributed by atoms with E-state index >= 15 is 0 Å². The molecule has 1 N–H and O–H groups in total. The van der Waals surface area contributed by atoms with Gasteiger partial charge in [0.25, 0.3) is 5.91 Å². The molecule has 0 saturated carbocycles. The van der Waals surface area contributed by atoms with Crippen LogP contribution in [0.3, 0.4) is 0 Å². The molecule has 5 nitrogen and oxygen atoms in total. The summed E-state index contributed by atoms with van der Waals surface area (Å²) in [6, 6.07) is 6.20. The monoisotopic (exact) mass is 221 g/mol. The Balaban J connectivity index is 2.42. The average molecular weight is 221 g/mol. The van der Waals surface area contributed by atoms with Crippen LogP contribution >= 0.6 is 0 Å². The summed E-state index contributed by atoms with van der Waals surface area (Å²) in [7, 11) is 1.28. The Labute approximate surface area is 92.4 Å². The Morgan fingerprint density at radius 3 is 3.00 bits per heavy atom. The number of hydrogen-bond donors (Lipinski definition) is 1. The van der Waals surface area contributed by atoms with Crippen molar-refractivity contribution in [1.29, 1.82) is 0 Å². The number of rotatable bonds is 1. The lowest BCUT2D eigenvalue weighted by Gasteiger charge is -2.14. The van der Waals surface area contributed by atoms with Gasteiger partial charge < -0.3 is 14.8 Å².